The van der Waals surface area contributed by atoms with Crippen molar-refractivity contribution in [2.24, 2.45) is 0 Å². The van der Waals surface area contributed by atoms with Crippen molar-refractivity contribution in [3.8, 4) is 0 Å². The van der Waals surface area contributed by atoms with Gasteiger partial charge in [-0.1, -0.05) is 22.0 Å². The summed E-state index contributed by atoms with van der Waals surface area (Å²) in [6.07, 6.45) is 2.19. The predicted octanol–water partition coefficient (Wildman–Crippen LogP) is 3.73. The maximum absolute atomic E-state index is 11.4. The first-order chi connectivity index (χ1) is 8.15. The number of ether oxygens (including phenoxy) is 1. The van der Waals surface area contributed by atoms with Crippen molar-refractivity contribution >= 4 is 33.5 Å². The Morgan fingerprint density at radius 3 is 2.71 bits per heavy atom. The van der Waals surface area contributed by atoms with E-state index in [4.69, 9.17) is 16.3 Å². The molecule has 0 bridgehead atoms. The number of aryl methyl sites for hydroxylation is 1. The monoisotopic (exact) mass is 318 g/mol. The van der Waals surface area contributed by atoms with Crippen LogP contribution in [0.15, 0.2) is 22.7 Å². The van der Waals surface area contributed by atoms with Crippen LogP contribution in [0.5, 0.6) is 0 Å². The van der Waals surface area contributed by atoms with Crippen molar-refractivity contribution in [3.63, 3.8) is 0 Å². The lowest BCUT2D eigenvalue weighted by Gasteiger charge is -2.06. The number of hydrogen-bond donors (Lipinski definition) is 0. The van der Waals surface area contributed by atoms with Crippen molar-refractivity contribution in [2.75, 3.05) is 12.5 Å². The highest BCUT2D eigenvalue weighted by Crippen LogP contribution is 2.18. The fraction of sp³-hybridized carbons (Fsp3) is 0.462. The zero-order valence-electron chi connectivity index (χ0n) is 9.84. The molecule has 0 heterocycles. The standard InChI is InChI=1S/C13H16BrClO2/c1-2-17-13(16)9-11-6-10(4-3-5-15)7-12(14)8-11/h6-8H,2-5,9H2,1H3. The summed E-state index contributed by atoms with van der Waals surface area (Å²) in [5.41, 5.74) is 2.17. The summed E-state index contributed by atoms with van der Waals surface area (Å²) >= 11 is 9.12. The number of carbonyl (C=O) groups is 1. The lowest BCUT2D eigenvalue weighted by molar-refractivity contribution is -0.142. The number of carbonyl (C=O) groups excluding carboxylic acids is 1. The van der Waals surface area contributed by atoms with Crippen LogP contribution in [-0.2, 0) is 22.4 Å². The van der Waals surface area contributed by atoms with Crippen LogP contribution in [0.2, 0.25) is 0 Å². The minimum absolute atomic E-state index is 0.186. The summed E-state index contributed by atoms with van der Waals surface area (Å²) < 4.78 is 5.92. The molecule has 0 saturated heterocycles. The molecular formula is C13H16BrClO2. The topological polar surface area (TPSA) is 26.3 Å². The Hall–Kier alpha value is -0.540. The van der Waals surface area contributed by atoms with Gasteiger partial charge in [0.2, 0.25) is 0 Å². The van der Waals surface area contributed by atoms with Gasteiger partial charge in [0.25, 0.3) is 0 Å². The second kappa shape index (κ2) is 7.72. The fourth-order valence-electron chi connectivity index (χ4n) is 1.61. The van der Waals surface area contributed by atoms with E-state index in [1.165, 1.54) is 5.56 Å². The number of halogens is 2. The molecule has 0 radical (unpaired) electrons. The van der Waals surface area contributed by atoms with E-state index >= 15 is 0 Å². The molecule has 0 atom stereocenters. The van der Waals surface area contributed by atoms with Gasteiger partial charge in [-0.2, -0.15) is 0 Å². The van der Waals surface area contributed by atoms with Gasteiger partial charge in [-0.15, -0.1) is 11.6 Å². The van der Waals surface area contributed by atoms with Gasteiger partial charge in [0.05, 0.1) is 13.0 Å². The molecule has 94 valence electrons. The molecule has 0 unspecified atom stereocenters. The SMILES string of the molecule is CCOC(=O)Cc1cc(Br)cc(CCCCl)c1. The third-order valence-electron chi connectivity index (χ3n) is 2.27. The van der Waals surface area contributed by atoms with E-state index in [2.05, 4.69) is 22.0 Å². The lowest BCUT2D eigenvalue weighted by atomic mass is 10.1. The second-order valence-electron chi connectivity index (χ2n) is 3.74. The van der Waals surface area contributed by atoms with E-state index < -0.39 is 0 Å². The maximum atomic E-state index is 11.4. The van der Waals surface area contributed by atoms with E-state index in [0.717, 1.165) is 22.9 Å². The summed E-state index contributed by atoms with van der Waals surface area (Å²) in [4.78, 5) is 11.4. The number of alkyl halides is 1. The predicted molar refractivity (Wildman–Crippen MR) is 73.5 cm³/mol. The fourth-order valence-corrected chi connectivity index (χ4v) is 2.34. The highest BCUT2D eigenvalue weighted by Gasteiger charge is 2.06. The smallest absolute Gasteiger partial charge is 0.310 e. The molecule has 0 fully saturated rings. The molecule has 0 spiro atoms. The second-order valence-corrected chi connectivity index (χ2v) is 5.04. The molecular weight excluding hydrogens is 303 g/mol. The van der Waals surface area contributed by atoms with Gasteiger partial charge >= 0.3 is 5.97 Å². The van der Waals surface area contributed by atoms with Gasteiger partial charge < -0.3 is 4.74 Å². The number of hydrogen-bond acceptors (Lipinski definition) is 2. The van der Waals surface area contributed by atoms with E-state index in [1.54, 1.807) is 0 Å². The Morgan fingerprint density at radius 2 is 2.06 bits per heavy atom. The molecule has 0 aliphatic rings. The highest BCUT2D eigenvalue weighted by molar-refractivity contribution is 9.10. The Labute approximate surface area is 115 Å². The van der Waals surface area contributed by atoms with Crippen molar-refractivity contribution in [3.05, 3.63) is 33.8 Å². The summed E-state index contributed by atoms with van der Waals surface area (Å²) in [5, 5.41) is 0. The van der Waals surface area contributed by atoms with Crippen molar-refractivity contribution in [2.45, 2.75) is 26.2 Å². The molecule has 4 heteroatoms. The van der Waals surface area contributed by atoms with Gasteiger partial charge in [-0.25, -0.2) is 0 Å². The minimum Gasteiger partial charge on any atom is -0.466 e. The van der Waals surface area contributed by atoms with Gasteiger partial charge in [0.1, 0.15) is 0 Å². The Morgan fingerprint density at radius 1 is 1.35 bits per heavy atom. The van der Waals surface area contributed by atoms with Crippen LogP contribution in [0.4, 0.5) is 0 Å². The van der Waals surface area contributed by atoms with Crippen molar-refractivity contribution in [1.29, 1.82) is 0 Å². The molecule has 1 rings (SSSR count). The molecule has 0 saturated carbocycles. The third-order valence-corrected chi connectivity index (χ3v) is 3.00. The van der Waals surface area contributed by atoms with Gasteiger partial charge in [-0.3, -0.25) is 4.79 Å². The average molecular weight is 320 g/mol. The largest absolute Gasteiger partial charge is 0.466 e. The highest BCUT2D eigenvalue weighted by atomic mass is 79.9. The number of esters is 1. The molecule has 0 N–H and O–H groups in total. The van der Waals surface area contributed by atoms with E-state index in [1.807, 2.05) is 19.1 Å². The molecule has 0 aliphatic carbocycles. The molecule has 1 aromatic carbocycles. The van der Waals surface area contributed by atoms with E-state index in [0.29, 0.717) is 18.9 Å². The summed E-state index contributed by atoms with van der Waals surface area (Å²) in [6, 6.07) is 6.04. The number of benzene rings is 1. The zero-order chi connectivity index (χ0) is 12.7. The van der Waals surface area contributed by atoms with Gasteiger partial charge in [0, 0.05) is 10.4 Å². The Balaban J connectivity index is 2.71. The Kier molecular flexibility index (Phi) is 6.60. The van der Waals surface area contributed by atoms with Gasteiger partial charge in [0.15, 0.2) is 0 Å². The van der Waals surface area contributed by atoms with Crippen LogP contribution in [0.25, 0.3) is 0 Å². The average Bonchev–Trinajstić information content (AvgIpc) is 2.25. The van der Waals surface area contributed by atoms with Crippen LogP contribution < -0.4 is 0 Å². The molecule has 17 heavy (non-hydrogen) atoms. The number of rotatable bonds is 6. The minimum atomic E-state index is -0.186. The van der Waals surface area contributed by atoms with Crippen LogP contribution in [0, 0.1) is 0 Å². The summed E-state index contributed by atoms with van der Waals surface area (Å²) in [5.74, 6) is 0.466. The molecule has 0 amide bonds. The van der Waals surface area contributed by atoms with E-state index in [-0.39, 0.29) is 5.97 Å². The molecule has 0 aromatic heterocycles. The zero-order valence-corrected chi connectivity index (χ0v) is 12.2. The van der Waals surface area contributed by atoms with E-state index in [9.17, 15) is 4.79 Å². The Bertz CT molecular complexity index is 380. The van der Waals surface area contributed by atoms with Crippen LogP contribution >= 0.6 is 27.5 Å². The first-order valence-corrected chi connectivity index (χ1v) is 6.98. The van der Waals surface area contributed by atoms with Crippen molar-refractivity contribution in [1.82, 2.24) is 0 Å². The first kappa shape index (κ1) is 14.5. The van der Waals surface area contributed by atoms with Crippen LogP contribution in [0.3, 0.4) is 0 Å². The summed E-state index contributed by atoms with van der Waals surface area (Å²) in [6.45, 7) is 2.23. The normalized spacial score (nSPS) is 10.3. The quantitative estimate of drug-likeness (QED) is 0.590. The lowest BCUT2D eigenvalue weighted by Crippen LogP contribution is -2.07. The van der Waals surface area contributed by atoms with Crippen molar-refractivity contribution < 1.29 is 9.53 Å². The molecule has 0 aliphatic heterocycles. The summed E-state index contributed by atoms with van der Waals surface area (Å²) in [7, 11) is 0. The molecule has 1 aromatic rings. The van der Waals surface area contributed by atoms with Crippen LogP contribution in [-0.4, -0.2) is 18.5 Å². The first-order valence-electron chi connectivity index (χ1n) is 5.65. The molecule has 2 nitrogen and oxygen atoms in total. The maximum Gasteiger partial charge on any atom is 0.310 e. The van der Waals surface area contributed by atoms with Gasteiger partial charge in [-0.05, 0) is 43.0 Å². The van der Waals surface area contributed by atoms with Crippen LogP contribution in [0.1, 0.15) is 24.5 Å². The third kappa shape index (κ3) is 5.55.